The Morgan fingerprint density at radius 1 is 1.37 bits per heavy atom. The number of nitro benzene ring substituents is 1. The van der Waals surface area contributed by atoms with Crippen LogP contribution < -0.4 is 5.32 Å². The molecule has 1 aromatic carbocycles. The van der Waals surface area contributed by atoms with Gasteiger partial charge in [0.1, 0.15) is 0 Å². The molecule has 0 amide bonds. The Morgan fingerprint density at radius 2 is 2.11 bits per heavy atom. The second-order valence-corrected chi connectivity index (χ2v) is 5.41. The molecule has 1 aliphatic heterocycles. The van der Waals surface area contributed by atoms with E-state index in [1.807, 2.05) is 12.1 Å². The summed E-state index contributed by atoms with van der Waals surface area (Å²) in [6, 6.07) is 7.54. The second kappa shape index (κ2) is 6.66. The summed E-state index contributed by atoms with van der Waals surface area (Å²) in [6.45, 7) is 3.40. The smallest absolute Gasteiger partial charge is 0.269 e. The van der Waals surface area contributed by atoms with Gasteiger partial charge in [0, 0.05) is 18.2 Å². The molecule has 1 fully saturated rings. The standard InChI is InChI=1S/C15H22N2O2/c1-2-12-9-10-16-14(11-12)6-3-13-4-7-15(8-5-13)17(18)19/h4-5,7-8,12,14,16H,2-3,6,9-11H2,1H3. The van der Waals surface area contributed by atoms with Gasteiger partial charge in [0.05, 0.1) is 4.92 Å². The van der Waals surface area contributed by atoms with Crippen molar-refractivity contribution in [3.05, 3.63) is 39.9 Å². The Hall–Kier alpha value is -1.42. The Morgan fingerprint density at radius 3 is 2.74 bits per heavy atom. The highest BCUT2D eigenvalue weighted by Crippen LogP contribution is 2.22. The van der Waals surface area contributed by atoms with Crippen LogP contribution in [0.5, 0.6) is 0 Å². The summed E-state index contributed by atoms with van der Waals surface area (Å²) in [7, 11) is 0. The minimum absolute atomic E-state index is 0.172. The molecule has 4 nitrogen and oxygen atoms in total. The molecule has 1 aliphatic rings. The summed E-state index contributed by atoms with van der Waals surface area (Å²) in [5, 5.41) is 14.2. The molecule has 0 bridgehead atoms. The van der Waals surface area contributed by atoms with Crippen LogP contribution in [-0.2, 0) is 6.42 Å². The van der Waals surface area contributed by atoms with Crippen molar-refractivity contribution >= 4 is 5.69 Å². The Balaban J connectivity index is 1.83. The second-order valence-electron chi connectivity index (χ2n) is 5.41. The molecule has 1 saturated heterocycles. The third-order valence-corrected chi connectivity index (χ3v) is 4.11. The maximum absolute atomic E-state index is 10.6. The van der Waals surface area contributed by atoms with Crippen molar-refractivity contribution in [3.63, 3.8) is 0 Å². The first-order chi connectivity index (χ1) is 9.19. The topological polar surface area (TPSA) is 55.2 Å². The van der Waals surface area contributed by atoms with Crippen LogP contribution in [0.15, 0.2) is 24.3 Å². The molecular weight excluding hydrogens is 240 g/mol. The fourth-order valence-electron chi connectivity index (χ4n) is 2.81. The van der Waals surface area contributed by atoms with Crippen LogP contribution >= 0.6 is 0 Å². The summed E-state index contributed by atoms with van der Waals surface area (Å²) in [4.78, 5) is 10.2. The van der Waals surface area contributed by atoms with Gasteiger partial charge in [-0.1, -0.05) is 25.5 Å². The molecule has 0 spiro atoms. The van der Waals surface area contributed by atoms with E-state index in [9.17, 15) is 10.1 Å². The molecule has 4 heteroatoms. The monoisotopic (exact) mass is 262 g/mol. The van der Waals surface area contributed by atoms with Crippen molar-refractivity contribution in [1.82, 2.24) is 5.32 Å². The summed E-state index contributed by atoms with van der Waals surface area (Å²) < 4.78 is 0. The van der Waals surface area contributed by atoms with E-state index < -0.39 is 0 Å². The first-order valence-electron chi connectivity index (χ1n) is 7.15. The molecule has 1 heterocycles. The highest BCUT2D eigenvalue weighted by Gasteiger charge is 2.19. The highest BCUT2D eigenvalue weighted by atomic mass is 16.6. The van der Waals surface area contributed by atoms with Crippen LogP contribution in [-0.4, -0.2) is 17.5 Å². The van der Waals surface area contributed by atoms with Gasteiger partial charge < -0.3 is 5.32 Å². The Labute approximate surface area is 114 Å². The number of nitrogens with one attached hydrogen (secondary N) is 1. The van der Waals surface area contributed by atoms with Crippen LogP contribution in [0.25, 0.3) is 0 Å². The van der Waals surface area contributed by atoms with Gasteiger partial charge in [0.2, 0.25) is 0 Å². The largest absolute Gasteiger partial charge is 0.314 e. The third kappa shape index (κ3) is 4.03. The normalized spacial score (nSPS) is 23.2. The summed E-state index contributed by atoms with van der Waals surface area (Å²) in [6.07, 6.45) is 5.95. The number of non-ortho nitro benzene ring substituents is 1. The first kappa shape index (κ1) is 14.0. The van der Waals surface area contributed by atoms with E-state index in [0.717, 1.165) is 25.3 Å². The zero-order valence-corrected chi connectivity index (χ0v) is 11.5. The molecule has 0 aromatic heterocycles. The maximum Gasteiger partial charge on any atom is 0.269 e. The Kier molecular flexibility index (Phi) is 4.91. The quantitative estimate of drug-likeness (QED) is 0.654. The minimum Gasteiger partial charge on any atom is -0.314 e. The predicted octanol–water partition coefficient (Wildman–Crippen LogP) is 3.31. The van der Waals surface area contributed by atoms with Crippen LogP contribution in [0, 0.1) is 16.0 Å². The zero-order chi connectivity index (χ0) is 13.7. The molecule has 0 saturated carbocycles. The lowest BCUT2D eigenvalue weighted by Gasteiger charge is -2.29. The number of nitrogens with zero attached hydrogens (tertiary/aromatic N) is 1. The van der Waals surface area contributed by atoms with Crippen molar-refractivity contribution in [2.24, 2.45) is 5.92 Å². The number of hydrogen-bond acceptors (Lipinski definition) is 3. The van der Waals surface area contributed by atoms with Gasteiger partial charge in [-0.05, 0) is 43.7 Å². The summed E-state index contributed by atoms with van der Waals surface area (Å²) in [5.41, 5.74) is 1.36. The van der Waals surface area contributed by atoms with Gasteiger partial charge in [0.15, 0.2) is 0 Å². The Bertz CT molecular complexity index is 417. The molecule has 2 rings (SSSR count). The molecule has 0 aliphatic carbocycles. The van der Waals surface area contributed by atoms with E-state index in [-0.39, 0.29) is 10.6 Å². The van der Waals surface area contributed by atoms with Crippen LogP contribution in [0.2, 0.25) is 0 Å². The number of piperidine rings is 1. The number of aryl methyl sites for hydroxylation is 1. The maximum atomic E-state index is 10.6. The van der Waals surface area contributed by atoms with Crippen molar-refractivity contribution in [2.75, 3.05) is 6.54 Å². The number of rotatable bonds is 5. The number of hydrogen-bond donors (Lipinski definition) is 1. The van der Waals surface area contributed by atoms with E-state index in [2.05, 4.69) is 12.2 Å². The molecule has 104 valence electrons. The predicted molar refractivity (Wildman–Crippen MR) is 76.2 cm³/mol. The lowest BCUT2D eigenvalue weighted by Crippen LogP contribution is -2.38. The van der Waals surface area contributed by atoms with E-state index in [4.69, 9.17) is 0 Å². The van der Waals surface area contributed by atoms with Crippen molar-refractivity contribution in [3.8, 4) is 0 Å². The number of nitro groups is 1. The number of benzene rings is 1. The first-order valence-corrected chi connectivity index (χ1v) is 7.15. The lowest BCUT2D eigenvalue weighted by molar-refractivity contribution is -0.384. The SMILES string of the molecule is CCC1CCNC(CCc2ccc([N+](=O)[O-])cc2)C1. The van der Waals surface area contributed by atoms with Crippen molar-refractivity contribution < 1.29 is 4.92 Å². The van der Waals surface area contributed by atoms with Crippen LogP contribution in [0.4, 0.5) is 5.69 Å². The van der Waals surface area contributed by atoms with Crippen molar-refractivity contribution in [1.29, 1.82) is 0 Å². The summed E-state index contributed by atoms with van der Waals surface area (Å²) in [5.74, 6) is 0.864. The molecule has 0 radical (unpaired) electrons. The molecule has 1 aromatic rings. The van der Waals surface area contributed by atoms with E-state index in [1.54, 1.807) is 12.1 Å². The van der Waals surface area contributed by atoms with Crippen LogP contribution in [0.1, 0.15) is 38.2 Å². The molecular formula is C15H22N2O2. The van der Waals surface area contributed by atoms with Gasteiger partial charge in [-0.25, -0.2) is 0 Å². The lowest BCUT2D eigenvalue weighted by atomic mass is 9.88. The fraction of sp³-hybridized carbons (Fsp3) is 0.600. The van der Waals surface area contributed by atoms with E-state index >= 15 is 0 Å². The van der Waals surface area contributed by atoms with Gasteiger partial charge in [-0.2, -0.15) is 0 Å². The third-order valence-electron chi connectivity index (χ3n) is 4.11. The van der Waals surface area contributed by atoms with Gasteiger partial charge in [-0.15, -0.1) is 0 Å². The zero-order valence-electron chi connectivity index (χ0n) is 11.5. The fourth-order valence-corrected chi connectivity index (χ4v) is 2.81. The van der Waals surface area contributed by atoms with Gasteiger partial charge in [-0.3, -0.25) is 10.1 Å². The van der Waals surface area contributed by atoms with Crippen LogP contribution in [0.3, 0.4) is 0 Å². The average molecular weight is 262 g/mol. The van der Waals surface area contributed by atoms with E-state index in [1.165, 1.54) is 24.8 Å². The molecule has 19 heavy (non-hydrogen) atoms. The minimum atomic E-state index is -0.349. The van der Waals surface area contributed by atoms with Crippen molar-refractivity contribution in [2.45, 2.75) is 45.1 Å². The van der Waals surface area contributed by atoms with E-state index in [0.29, 0.717) is 6.04 Å². The highest BCUT2D eigenvalue weighted by molar-refractivity contribution is 5.32. The summed E-state index contributed by atoms with van der Waals surface area (Å²) >= 11 is 0. The van der Waals surface area contributed by atoms with Gasteiger partial charge in [0.25, 0.3) is 5.69 Å². The molecule has 2 atom stereocenters. The van der Waals surface area contributed by atoms with Gasteiger partial charge >= 0.3 is 0 Å². The molecule has 2 unspecified atom stereocenters. The molecule has 1 N–H and O–H groups in total. The average Bonchev–Trinajstić information content (AvgIpc) is 2.46.